The van der Waals surface area contributed by atoms with Crippen molar-refractivity contribution in [1.82, 2.24) is 9.97 Å². The summed E-state index contributed by atoms with van der Waals surface area (Å²) in [5, 5.41) is 12.5. The van der Waals surface area contributed by atoms with Gasteiger partial charge in [0, 0.05) is 18.0 Å². The largest absolute Gasteiger partial charge is 0.478 e. The molecule has 0 aliphatic rings. The molecule has 7 nitrogen and oxygen atoms in total. The summed E-state index contributed by atoms with van der Waals surface area (Å²) in [5.74, 6) is 3.48. The summed E-state index contributed by atoms with van der Waals surface area (Å²) in [6.45, 7) is 0. The number of ketones is 1. The standard InChI is InChI=1S/C13H10N4O3/c14-17-11(12(18)10-7-15-5-6-16-10)8-3-1-2-4-9(8)13(19)20/h1-7H,14H2,(H,19,20)/b17-11+. The molecule has 1 aromatic heterocycles. The highest BCUT2D eigenvalue weighted by Crippen LogP contribution is 2.12. The average molecular weight is 270 g/mol. The van der Waals surface area contributed by atoms with Crippen molar-refractivity contribution in [3.63, 3.8) is 0 Å². The van der Waals surface area contributed by atoms with E-state index in [-0.39, 0.29) is 22.5 Å². The number of rotatable bonds is 4. The zero-order chi connectivity index (χ0) is 14.5. The monoisotopic (exact) mass is 270 g/mol. The summed E-state index contributed by atoms with van der Waals surface area (Å²) in [6.07, 6.45) is 4.03. The number of benzene rings is 1. The second-order valence-corrected chi connectivity index (χ2v) is 3.75. The van der Waals surface area contributed by atoms with Crippen LogP contribution in [0, 0.1) is 0 Å². The molecule has 0 fully saturated rings. The zero-order valence-corrected chi connectivity index (χ0v) is 10.2. The van der Waals surface area contributed by atoms with Crippen LogP contribution in [0.5, 0.6) is 0 Å². The van der Waals surface area contributed by atoms with Crippen LogP contribution in [-0.2, 0) is 0 Å². The van der Waals surface area contributed by atoms with Gasteiger partial charge in [-0.3, -0.25) is 9.78 Å². The van der Waals surface area contributed by atoms with Crippen LogP contribution >= 0.6 is 0 Å². The van der Waals surface area contributed by atoms with Crippen LogP contribution in [0.2, 0.25) is 0 Å². The first kappa shape index (κ1) is 13.3. The first-order valence-corrected chi connectivity index (χ1v) is 5.56. The van der Waals surface area contributed by atoms with Gasteiger partial charge in [0.2, 0.25) is 5.78 Å². The molecule has 0 unspecified atom stereocenters. The van der Waals surface area contributed by atoms with Crippen LogP contribution < -0.4 is 5.84 Å². The first-order chi connectivity index (χ1) is 9.65. The summed E-state index contributed by atoms with van der Waals surface area (Å²) >= 11 is 0. The molecule has 2 rings (SSSR count). The third-order valence-electron chi connectivity index (χ3n) is 2.55. The minimum Gasteiger partial charge on any atom is -0.478 e. The Morgan fingerprint density at radius 3 is 2.40 bits per heavy atom. The molecular formula is C13H10N4O3. The van der Waals surface area contributed by atoms with Crippen LogP contribution in [-0.4, -0.2) is 32.5 Å². The van der Waals surface area contributed by atoms with Crippen molar-refractivity contribution in [1.29, 1.82) is 0 Å². The number of hydrogen-bond acceptors (Lipinski definition) is 6. The van der Waals surface area contributed by atoms with E-state index in [9.17, 15) is 9.59 Å². The van der Waals surface area contributed by atoms with E-state index in [0.717, 1.165) is 0 Å². The van der Waals surface area contributed by atoms with Gasteiger partial charge in [0.05, 0.1) is 11.8 Å². The van der Waals surface area contributed by atoms with Crippen LogP contribution in [0.15, 0.2) is 48.0 Å². The van der Waals surface area contributed by atoms with Crippen molar-refractivity contribution in [2.75, 3.05) is 0 Å². The molecule has 100 valence electrons. The smallest absolute Gasteiger partial charge is 0.336 e. The molecule has 0 bridgehead atoms. The molecule has 0 amide bonds. The number of carbonyl (C=O) groups is 2. The maximum absolute atomic E-state index is 12.2. The molecule has 0 radical (unpaired) electrons. The van der Waals surface area contributed by atoms with Gasteiger partial charge in [0.25, 0.3) is 0 Å². The number of aromatic carboxylic acids is 1. The molecule has 1 heterocycles. The van der Waals surface area contributed by atoms with Crippen LogP contribution in [0.3, 0.4) is 0 Å². The van der Waals surface area contributed by atoms with E-state index < -0.39 is 11.8 Å². The minimum absolute atomic E-state index is 0.0388. The van der Waals surface area contributed by atoms with Crippen molar-refractivity contribution in [3.8, 4) is 0 Å². The van der Waals surface area contributed by atoms with Crippen LogP contribution in [0.1, 0.15) is 26.4 Å². The van der Waals surface area contributed by atoms with E-state index in [0.29, 0.717) is 0 Å². The lowest BCUT2D eigenvalue weighted by Gasteiger charge is -2.07. The van der Waals surface area contributed by atoms with Crippen molar-refractivity contribution >= 4 is 17.5 Å². The highest BCUT2D eigenvalue weighted by molar-refractivity contribution is 6.51. The van der Waals surface area contributed by atoms with Gasteiger partial charge in [0.1, 0.15) is 11.4 Å². The van der Waals surface area contributed by atoms with E-state index in [1.54, 1.807) is 12.1 Å². The third kappa shape index (κ3) is 2.51. The number of nitrogens with zero attached hydrogens (tertiary/aromatic N) is 3. The molecule has 0 atom stereocenters. The van der Waals surface area contributed by atoms with Crippen LogP contribution in [0.25, 0.3) is 0 Å². The molecular weight excluding hydrogens is 260 g/mol. The number of nitrogens with two attached hydrogens (primary N) is 1. The second-order valence-electron chi connectivity index (χ2n) is 3.75. The molecule has 0 spiro atoms. The van der Waals surface area contributed by atoms with E-state index in [2.05, 4.69) is 15.1 Å². The number of hydrazone groups is 1. The van der Waals surface area contributed by atoms with Gasteiger partial charge in [-0.15, -0.1) is 0 Å². The van der Waals surface area contributed by atoms with E-state index in [4.69, 9.17) is 10.9 Å². The third-order valence-corrected chi connectivity index (χ3v) is 2.55. The highest BCUT2D eigenvalue weighted by atomic mass is 16.4. The van der Waals surface area contributed by atoms with Crippen molar-refractivity contribution in [2.45, 2.75) is 0 Å². The summed E-state index contributed by atoms with van der Waals surface area (Å²) in [5.41, 5.74) is -0.0625. The van der Waals surface area contributed by atoms with Gasteiger partial charge in [0.15, 0.2) is 0 Å². The van der Waals surface area contributed by atoms with Gasteiger partial charge >= 0.3 is 5.97 Å². The fourth-order valence-corrected chi connectivity index (χ4v) is 1.66. The lowest BCUT2D eigenvalue weighted by molar-refractivity contribution is 0.0696. The predicted octanol–water partition coefficient (Wildman–Crippen LogP) is 0.720. The van der Waals surface area contributed by atoms with Gasteiger partial charge in [-0.1, -0.05) is 18.2 Å². The molecule has 20 heavy (non-hydrogen) atoms. The minimum atomic E-state index is -1.17. The molecule has 2 aromatic rings. The zero-order valence-electron chi connectivity index (χ0n) is 10.2. The summed E-state index contributed by atoms with van der Waals surface area (Å²) < 4.78 is 0. The maximum Gasteiger partial charge on any atom is 0.336 e. The van der Waals surface area contributed by atoms with Crippen LogP contribution in [0.4, 0.5) is 0 Å². The van der Waals surface area contributed by atoms with Gasteiger partial charge in [-0.25, -0.2) is 9.78 Å². The Hall–Kier alpha value is -3.09. The summed E-state index contributed by atoms with van der Waals surface area (Å²) in [6, 6.07) is 5.97. The molecule has 0 saturated carbocycles. The topological polar surface area (TPSA) is 119 Å². The van der Waals surface area contributed by atoms with E-state index in [1.165, 1.54) is 30.7 Å². The Kier molecular flexibility index (Phi) is 3.80. The summed E-state index contributed by atoms with van der Waals surface area (Å²) in [4.78, 5) is 31.0. The summed E-state index contributed by atoms with van der Waals surface area (Å²) in [7, 11) is 0. The van der Waals surface area contributed by atoms with Crippen molar-refractivity contribution in [2.24, 2.45) is 10.9 Å². The maximum atomic E-state index is 12.2. The number of carbonyl (C=O) groups excluding carboxylic acids is 1. The Labute approximate surface area is 113 Å². The lowest BCUT2D eigenvalue weighted by atomic mass is 9.99. The normalized spacial score (nSPS) is 11.1. The van der Waals surface area contributed by atoms with E-state index >= 15 is 0 Å². The molecule has 7 heteroatoms. The number of carboxylic acid groups (broad SMARTS) is 1. The second kappa shape index (κ2) is 5.70. The highest BCUT2D eigenvalue weighted by Gasteiger charge is 2.22. The first-order valence-electron chi connectivity index (χ1n) is 5.56. The SMILES string of the molecule is N/N=C(/C(=O)c1cnccn1)c1ccccc1C(=O)O. The average Bonchev–Trinajstić information content (AvgIpc) is 2.49. The fourth-order valence-electron chi connectivity index (χ4n) is 1.66. The molecule has 1 aromatic carbocycles. The molecule has 0 aliphatic heterocycles. The molecule has 0 aliphatic carbocycles. The quantitative estimate of drug-likeness (QED) is 0.365. The Bertz CT molecular complexity index is 683. The van der Waals surface area contributed by atoms with Gasteiger partial charge in [-0.2, -0.15) is 5.10 Å². The number of Topliss-reactive ketones (excluding diaryl/α,β-unsaturated/α-hetero) is 1. The molecule has 0 saturated heterocycles. The van der Waals surface area contributed by atoms with Gasteiger partial charge < -0.3 is 10.9 Å². The Morgan fingerprint density at radius 2 is 1.85 bits per heavy atom. The number of aromatic nitrogens is 2. The van der Waals surface area contributed by atoms with Crippen molar-refractivity contribution in [3.05, 3.63) is 59.7 Å². The lowest BCUT2D eigenvalue weighted by Crippen LogP contribution is -2.21. The number of hydrogen-bond donors (Lipinski definition) is 2. The van der Waals surface area contributed by atoms with Crippen molar-refractivity contribution < 1.29 is 14.7 Å². The Morgan fingerprint density at radius 1 is 1.15 bits per heavy atom. The fraction of sp³-hybridized carbons (Fsp3) is 0. The Balaban J connectivity index is 2.50. The molecule has 3 N–H and O–H groups in total. The predicted molar refractivity (Wildman–Crippen MR) is 70.5 cm³/mol. The number of carboxylic acids is 1. The van der Waals surface area contributed by atoms with Gasteiger partial charge in [-0.05, 0) is 6.07 Å². The van der Waals surface area contributed by atoms with E-state index in [1.807, 2.05) is 0 Å².